The molecule has 6 nitrogen and oxygen atoms in total. The molecule has 0 fully saturated rings. The molecule has 4 aromatic rings. The van der Waals surface area contributed by atoms with Crippen LogP contribution in [-0.4, -0.2) is 27.4 Å². The molecule has 1 aliphatic heterocycles. The van der Waals surface area contributed by atoms with Gasteiger partial charge in [0.1, 0.15) is 5.82 Å². The summed E-state index contributed by atoms with van der Waals surface area (Å²) in [6.45, 7) is 6.95. The van der Waals surface area contributed by atoms with Gasteiger partial charge in [-0.3, -0.25) is 9.78 Å². The Bertz CT molecular complexity index is 1340. The summed E-state index contributed by atoms with van der Waals surface area (Å²) in [4.78, 5) is 25.6. The van der Waals surface area contributed by atoms with Crippen molar-refractivity contribution in [3.8, 4) is 22.5 Å². The molecular weight excluding hydrogens is 410 g/mol. The van der Waals surface area contributed by atoms with Crippen LogP contribution in [0.5, 0.6) is 0 Å². The number of carbonyl (C=O) groups is 1. The van der Waals surface area contributed by atoms with Crippen LogP contribution in [0.2, 0.25) is 0 Å². The number of aryl methyl sites for hydroxylation is 1. The molecule has 0 saturated carbocycles. The highest BCUT2D eigenvalue weighted by Gasteiger charge is 2.31. The first-order chi connectivity index (χ1) is 15.9. The molecule has 1 amide bonds. The number of benzene rings is 2. The van der Waals surface area contributed by atoms with E-state index < -0.39 is 0 Å². The van der Waals surface area contributed by atoms with Crippen LogP contribution >= 0.6 is 0 Å². The minimum Gasteiger partial charge on any atom is -0.351 e. The fraction of sp³-hybridized carbons (Fsp3) is 0.185. The maximum absolute atomic E-state index is 12.2. The van der Waals surface area contributed by atoms with Crippen LogP contribution in [-0.2, 0) is 5.41 Å². The van der Waals surface area contributed by atoms with E-state index in [1.54, 1.807) is 6.20 Å². The van der Waals surface area contributed by atoms with Gasteiger partial charge in [0.15, 0.2) is 5.82 Å². The molecule has 0 aliphatic carbocycles. The first kappa shape index (κ1) is 20.8. The predicted molar refractivity (Wildman–Crippen MR) is 131 cm³/mol. The van der Waals surface area contributed by atoms with Crippen molar-refractivity contribution < 1.29 is 4.79 Å². The first-order valence-electron chi connectivity index (χ1n) is 10.9. The predicted octanol–water partition coefficient (Wildman–Crippen LogP) is 5.28. The van der Waals surface area contributed by atoms with Gasteiger partial charge in [0.25, 0.3) is 5.91 Å². The summed E-state index contributed by atoms with van der Waals surface area (Å²) in [7, 11) is 0. The highest BCUT2D eigenvalue weighted by Crippen LogP contribution is 2.32. The zero-order valence-corrected chi connectivity index (χ0v) is 18.9. The van der Waals surface area contributed by atoms with E-state index in [2.05, 4.69) is 53.5 Å². The van der Waals surface area contributed by atoms with Gasteiger partial charge in [-0.15, -0.1) is 0 Å². The second-order valence-corrected chi connectivity index (χ2v) is 8.99. The van der Waals surface area contributed by atoms with Gasteiger partial charge in [-0.1, -0.05) is 38.1 Å². The molecule has 3 heterocycles. The topological polar surface area (TPSA) is 79.8 Å². The van der Waals surface area contributed by atoms with E-state index in [-0.39, 0.29) is 11.3 Å². The summed E-state index contributed by atoms with van der Waals surface area (Å²) in [5.74, 6) is 1.33. The van der Waals surface area contributed by atoms with E-state index in [0.29, 0.717) is 18.2 Å². The third-order valence-electron chi connectivity index (χ3n) is 6.09. The number of nitrogens with zero attached hydrogens (tertiary/aromatic N) is 3. The Hall–Kier alpha value is -4.06. The van der Waals surface area contributed by atoms with Crippen molar-refractivity contribution in [3.05, 3.63) is 89.9 Å². The van der Waals surface area contributed by atoms with Gasteiger partial charge in [-0.25, -0.2) is 9.97 Å². The van der Waals surface area contributed by atoms with Crippen molar-refractivity contribution in [2.45, 2.75) is 26.2 Å². The Morgan fingerprint density at radius 2 is 1.73 bits per heavy atom. The number of nitrogens with one attached hydrogen (secondary N) is 2. The molecular formula is C27H25N5O. The number of rotatable bonds is 4. The summed E-state index contributed by atoms with van der Waals surface area (Å²) in [5, 5.41) is 6.33. The van der Waals surface area contributed by atoms with Crippen molar-refractivity contribution in [2.75, 3.05) is 11.9 Å². The maximum Gasteiger partial charge on any atom is 0.251 e. The van der Waals surface area contributed by atoms with Crippen molar-refractivity contribution >= 4 is 17.4 Å². The molecule has 2 aromatic heterocycles. The van der Waals surface area contributed by atoms with E-state index in [1.165, 1.54) is 0 Å². The van der Waals surface area contributed by atoms with Gasteiger partial charge in [0, 0.05) is 47.4 Å². The molecule has 5 rings (SSSR count). The Labute approximate surface area is 193 Å². The van der Waals surface area contributed by atoms with Gasteiger partial charge in [0.05, 0.1) is 0 Å². The Kier molecular flexibility index (Phi) is 5.13. The van der Waals surface area contributed by atoms with Crippen LogP contribution in [0.15, 0.2) is 73.2 Å². The molecule has 6 heteroatoms. The number of hydrogen-bond donors (Lipinski definition) is 2. The van der Waals surface area contributed by atoms with E-state index >= 15 is 0 Å². The largest absolute Gasteiger partial charge is 0.351 e. The molecule has 0 atom stereocenters. The summed E-state index contributed by atoms with van der Waals surface area (Å²) in [5.41, 5.74) is 6.90. The lowest BCUT2D eigenvalue weighted by Crippen LogP contribution is -2.43. The smallest absolute Gasteiger partial charge is 0.251 e. The van der Waals surface area contributed by atoms with Gasteiger partial charge in [-0.05, 0) is 59.5 Å². The number of hydrogen-bond acceptors (Lipinski definition) is 5. The van der Waals surface area contributed by atoms with Crippen molar-refractivity contribution in [3.63, 3.8) is 0 Å². The molecule has 0 radical (unpaired) electrons. The number of fused-ring (bicyclic) bond motifs is 1. The average Bonchev–Trinajstić information content (AvgIpc) is 2.83. The molecule has 33 heavy (non-hydrogen) atoms. The van der Waals surface area contributed by atoms with E-state index in [9.17, 15) is 4.79 Å². The third-order valence-corrected chi connectivity index (χ3v) is 6.09. The molecule has 1 aliphatic rings. The second-order valence-electron chi connectivity index (χ2n) is 8.99. The zero-order valence-electron chi connectivity index (χ0n) is 18.9. The van der Waals surface area contributed by atoms with Crippen molar-refractivity contribution in [1.82, 2.24) is 20.3 Å². The number of pyridine rings is 1. The fourth-order valence-corrected chi connectivity index (χ4v) is 4.18. The monoisotopic (exact) mass is 435 g/mol. The lowest BCUT2D eigenvalue weighted by atomic mass is 9.79. The highest BCUT2D eigenvalue weighted by molar-refractivity contribution is 5.98. The fourth-order valence-electron chi connectivity index (χ4n) is 4.18. The lowest BCUT2D eigenvalue weighted by molar-refractivity contribution is 0.0930. The van der Waals surface area contributed by atoms with Crippen LogP contribution < -0.4 is 10.6 Å². The minimum atomic E-state index is -0.132. The SMILES string of the molecule is Cc1cnccc1-c1ccc(-c2nccc(Nc3ccc4c(c3)C(C)(C)CNC4=O)n2)cc1. The zero-order chi connectivity index (χ0) is 23.0. The van der Waals surface area contributed by atoms with Gasteiger partial charge < -0.3 is 10.6 Å². The molecule has 0 unspecified atom stereocenters. The normalized spacial score (nSPS) is 14.3. The van der Waals surface area contributed by atoms with E-state index in [4.69, 9.17) is 4.98 Å². The number of amides is 1. The van der Waals surface area contributed by atoms with Crippen LogP contribution in [0.4, 0.5) is 11.5 Å². The molecule has 2 N–H and O–H groups in total. The Balaban J connectivity index is 1.40. The quantitative estimate of drug-likeness (QED) is 0.456. The van der Waals surface area contributed by atoms with Crippen LogP contribution in [0.3, 0.4) is 0 Å². The molecule has 0 saturated heterocycles. The number of aromatic nitrogens is 3. The van der Waals surface area contributed by atoms with Crippen LogP contribution in [0.1, 0.15) is 35.3 Å². The van der Waals surface area contributed by atoms with Crippen molar-refractivity contribution in [2.24, 2.45) is 0 Å². The molecule has 0 spiro atoms. The van der Waals surface area contributed by atoms with Crippen molar-refractivity contribution in [1.29, 1.82) is 0 Å². The van der Waals surface area contributed by atoms with Gasteiger partial charge >= 0.3 is 0 Å². The number of anilines is 2. The minimum absolute atomic E-state index is 0.0226. The standard InChI is InChI=1S/C27H25N5O/c1-17-15-28-12-10-21(17)18-4-6-19(7-5-18)25-29-13-11-24(32-25)31-20-8-9-22-23(14-20)27(2,3)16-30-26(22)33/h4-15H,16H2,1-3H3,(H,30,33)(H,29,31,32). The summed E-state index contributed by atoms with van der Waals surface area (Å²) in [6.07, 6.45) is 5.43. The number of carbonyl (C=O) groups excluding carboxylic acids is 1. The summed E-state index contributed by atoms with van der Waals surface area (Å²) >= 11 is 0. The first-order valence-corrected chi connectivity index (χ1v) is 10.9. The summed E-state index contributed by atoms with van der Waals surface area (Å²) in [6, 6.07) is 17.9. The van der Waals surface area contributed by atoms with Crippen LogP contribution in [0, 0.1) is 6.92 Å². The average molecular weight is 436 g/mol. The molecule has 2 aromatic carbocycles. The van der Waals surface area contributed by atoms with Crippen LogP contribution in [0.25, 0.3) is 22.5 Å². The molecule has 164 valence electrons. The van der Waals surface area contributed by atoms with Gasteiger partial charge in [0.2, 0.25) is 0 Å². The third kappa shape index (κ3) is 4.07. The molecule has 0 bridgehead atoms. The summed E-state index contributed by atoms with van der Waals surface area (Å²) < 4.78 is 0. The highest BCUT2D eigenvalue weighted by atomic mass is 16.1. The van der Waals surface area contributed by atoms with E-state index in [0.717, 1.165) is 39.1 Å². The van der Waals surface area contributed by atoms with Gasteiger partial charge in [-0.2, -0.15) is 0 Å². The Morgan fingerprint density at radius 3 is 2.52 bits per heavy atom. The lowest BCUT2D eigenvalue weighted by Gasteiger charge is -2.32. The van der Waals surface area contributed by atoms with E-state index in [1.807, 2.05) is 54.9 Å². The maximum atomic E-state index is 12.2. The Morgan fingerprint density at radius 1 is 0.939 bits per heavy atom. The second kappa shape index (κ2) is 8.13.